The largest absolute Gasteiger partial charge is 0.338 e. The number of nitrogens with one attached hydrogen (secondary N) is 2. The topological polar surface area (TPSA) is 41.1 Å². The first-order valence-electron chi connectivity index (χ1n) is 8.65. The molecule has 2 N–H and O–H groups in total. The molecule has 3 heteroatoms. The van der Waals surface area contributed by atoms with Crippen LogP contribution in [0.25, 0.3) is 0 Å². The van der Waals surface area contributed by atoms with Gasteiger partial charge in [0.25, 0.3) is 0 Å². The first kappa shape index (κ1) is 14.2. The summed E-state index contributed by atoms with van der Waals surface area (Å²) in [4.78, 5) is 12.0. The standard InChI is InChI=1S/C17H30N2O/c1-3-4-5-18-16(20)19-12(2)17-9-13-6-14(10-17)8-15(7-13)11-17/h12-15H,3-11H2,1-2H3,(H2,18,19,20)/t12-,13?,14?,15?,17?/m1/s1. The number of carbonyl (C=O) groups excluding carboxylic acids is 1. The van der Waals surface area contributed by atoms with Crippen LogP contribution in [-0.2, 0) is 0 Å². The van der Waals surface area contributed by atoms with E-state index < -0.39 is 0 Å². The fourth-order valence-electron chi connectivity index (χ4n) is 5.49. The lowest BCUT2D eigenvalue weighted by Crippen LogP contribution is -2.57. The van der Waals surface area contributed by atoms with Crippen LogP contribution in [0.3, 0.4) is 0 Å². The third-order valence-electron chi connectivity index (χ3n) is 6.17. The molecular weight excluding hydrogens is 248 g/mol. The Balaban J connectivity index is 1.56. The van der Waals surface area contributed by atoms with Crippen molar-refractivity contribution in [3.8, 4) is 0 Å². The van der Waals surface area contributed by atoms with E-state index >= 15 is 0 Å². The van der Waals surface area contributed by atoms with E-state index in [-0.39, 0.29) is 6.03 Å². The summed E-state index contributed by atoms with van der Waals surface area (Å²) in [5.41, 5.74) is 0.414. The quantitative estimate of drug-likeness (QED) is 0.740. The smallest absolute Gasteiger partial charge is 0.315 e. The molecule has 3 nitrogen and oxygen atoms in total. The summed E-state index contributed by atoms with van der Waals surface area (Å²) in [6, 6.07) is 0.374. The zero-order valence-corrected chi connectivity index (χ0v) is 13.1. The maximum atomic E-state index is 12.0. The third kappa shape index (κ3) is 2.68. The number of hydrogen-bond acceptors (Lipinski definition) is 1. The first-order valence-corrected chi connectivity index (χ1v) is 8.65. The maximum Gasteiger partial charge on any atom is 0.315 e. The Bertz CT molecular complexity index is 331. The van der Waals surface area contributed by atoms with Crippen molar-refractivity contribution in [2.24, 2.45) is 23.2 Å². The Morgan fingerprint density at radius 3 is 2.20 bits per heavy atom. The minimum atomic E-state index is 0.0432. The van der Waals surface area contributed by atoms with Gasteiger partial charge in [0.1, 0.15) is 0 Å². The van der Waals surface area contributed by atoms with Crippen molar-refractivity contribution in [3.63, 3.8) is 0 Å². The second kappa shape index (κ2) is 5.57. The minimum Gasteiger partial charge on any atom is -0.338 e. The molecule has 20 heavy (non-hydrogen) atoms. The van der Waals surface area contributed by atoms with Crippen molar-refractivity contribution in [2.75, 3.05) is 6.54 Å². The fourth-order valence-corrected chi connectivity index (χ4v) is 5.49. The SMILES string of the molecule is CCCCNC(=O)N[C@H](C)C12CC3CC(CC(C3)C1)C2. The summed E-state index contributed by atoms with van der Waals surface area (Å²) in [7, 11) is 0. The number of carbonyl (C=O) groups is 1. The molecule has 4 rings (SSSR count). The molecule has 4 aliphatic carbocycles. The molecule has 0 aromatic rings. The van der Waals surface area contributed by atoms with Gasteiger partial charge in [0.05, 0.1) is 0 Å². The molecule has 1 atom stereocenters. The van der Waals surface area contributed by atoms with Gasteiger partial charge in [-0.05, 0) is 75.0 Å². The summed E-state index contributed by atoms with van der Waals surface area (Å²) < 4.78 is 0. The van der Waals surface area contributed by atoms with E-state index in [4.69, 9.17) is 0 Å². The van der Waals surface area contributed by atoms with Gasteiger partial charge >= 0.3 is 6.03 Å². The Morgan fingerprint density at radius 2 is 1.70 bits per heavy atom. The van der Waals surface area contributed by atoms with E-state index in [1.54, 1.807) is 0 Å². The molecule has 4 fully saturated rings. The van der Waals surface area contributed by atoms with Crippen LogP contribution in [0.2, 0.25) is 0 Å². The number of rotatable bonds is 5. The zero-order valence-electron chi connectivity index (χ0n) is 13.1. The molecule has 0 heterocycles. The summed E-state index contributed by atoms with van der Waals surface area (Å²) in [5.74, 6) is 2.86. The zero-order chi connectivity index (χ0) is 14.2. The van der Waals surface area contributed by atoms with Crippen molar-refractivity contribution in [2.45, 2.75) is 71.3 Å². The van der Waals surface area contributed by atoms with Crippen molar-refractivity contribution >= 4 is 6.03 Å². The lowest BCUT2D eigenvalue weighted by atomic mass is 9.48. The van der Waals surface area contributed by atoms with Crippen LogP contribution in [0.1, 0.15) is 65.2 Å². The molecule has 0 radical (unpaired) electrons. The van der Waals surface area contributed by atoms with Crippen molar-refractivity contribution in [1.82, 2.24) is 10.6 Å². The van der Waals surface area contributed by atoms with Crippen LogP contribution < -0.4 is 10.6 Å². The predicted molar refractivity (Wildman–Crippen MR) is 81.5 cm³/mol. The van der Waals surface area contributed by atoms with Gasteiger partial charge in [-0.2, -0.15) is 0 Å². The van der Waals surface area contributed by atoms with E-state index in [1.165, 1.54) is 38.5 Å². The highest BCUT2D eigenvalue weighted by Crippen LogP contribution is 2.61. The highest BCUT2D eigenvalue weighted by Gasteiger charge is 2.53. The van der Waals surface area contributed by atoms with Gasteiger partial charge < -0.3 is 10.6 Å². The van der Waals surface area contributed by atoms with Gasteiger partial charge in [-0.3, -0.25) is 0 Å². The van der Waals surface area contributed by atoms with Crippen LogP contribution >= 0.6 is 0 Å². The summed E-state index contributed by atoms with van der Waals surface area (Å²) >= 11 is 0. The Labute approximate surface area is 123 Å². The molecule has 4 bridgehead atoms. The van der Waals surface area contributed by atoms with E-state index in [0.29, 0.717) is 11.5 Å². The summed E-state index contributed by atoms with van der Waals surface area (Å²) in [5, 5.41) is 6.24. The van der Waals surface area contributed by atoms with E-state index in [9.17, 15) is 4.79 Å². The predicted octanol–water partition coefficient (Wildman–Crippen LogP) is 3.69. The molecule has 114 valence electrons. The van der Waals surface area contributed by atoms with Crippen LogP contribution in [0.4, 0.5) is 4.79 Å². The minimum absolute atomic E-state index is 0.0432. The molecular formula is C17H30N2O. The number of amides is 2. The van der Waals surface area contributed by atoms with Crippen LogP contribution in [-0.4, -0.2) is 18.6 Å². The van der Waals surface area contributed by atoms with E-state index in [2.05, 4.69) is 24.5 Å². The average Bonchev–Trinajstić information content (AvgIpc) is 2.37. The fraction of sp³-hybridized carbons (Fsp3) is 0.941. The molecule has 4 aliphatic rings. The Kier molecular flexibility index (Phi) is 3.96. The molecule has 0 aliphatic heterocycles. The van der Waals surface area contributed by atoms with Crippen molar-refractivity contribution < 1.29 is 4.79 Å². The number of urea groups is 1. The third-order valence-corrected chi connectivity index (χ3v) is 6.17. The molecule has 0 spiro atoms. The highest BCUT2D eigenvalue weighted by atomic mass is 16.2. The highest BCUT2D eigenvalue weighted by molar-refractivity contribution is 5.74. The Morgan fingerprint density at radius 1 is 1.15 bits per heavy atom. The first-order chi connectivity index (χ1) is 9.61. The Hall–Kier alpha value is -0.730. The van der Waals surface area contributed by atoms with Gasteiger partial charge in [-0.1, -0.05) is 13.3 Å². The lowest BCUT2D eigenvalue weighted by Gasteiger charge is -2.59. The maximum absolute atomic E-state index is 12.0. The van der Waals surface area contributed by atoms with E-state index in [0.717, 1.165) is 37.1 Å². The van der Waals surface area contributed by atoms with Gasteiger partial charge in [-0.25, -0.2) is 4.79 Å². The normalized spacial score (nSPS) is 39.6. The number of unbranched alkanes of at least 4 members (excludes halogenated alkanes) is 1. The molecule has 2 amide bonds. The number of hydrogen-bond donors (Lipinski definition) is 2. The second-order valence-electron chi connectivity index (χ2n) is 7.76. The van der Waals surface area contributed by atoms with Crippen molar-refractivity contribution in [1.29, 1.82) is 0 Å². The van der Waals surface area contributed by atoms with Crippen LogP contribution in [0, 0.1) is 23.2 Å². The molecule has 4 saturated carbocycles. The van der Waals surface area contributed by atoms with Gasteiger partial charge in [0.2, 0.25) is 0 Å². The average molecular weight is 278 g/mol. The second-order valence-corrected chi connectivity index (χ2v) is 7.76. The molecule has 0 aromatic carbocycles. The molecule has 0 unspecified atom stereocenters. The molecule has 0 aromatic heterocycles. The monoisotopic (exact) mass is 278 g/mol. The molecule has 0 saturated heterocycles. The van der Waals surface area contributed by atoms with Crippen LogP contribution in [0.5, 0.6) is 0 Å². The van der Waals surface area contributed by atoms with Crippen molar-refractivity contribution in [3.05, 3.63) is 0 Å². The summed E-state index contributed by atoms with van der Waals surface area (Å²) in [6.07, 6.45) is 10.7. The summed E-state index contributed by atoms with van der Waals surface area (Å²) in [6.45, 7) is 5.19. The van der Waals surface area contributed by atoms with E-state index in [1.807, 2.05) is 0 Å². The van der Waals surface area contributed by atoms with Gasteiger partial charge in [-0.15, -0.1) is 0 Å². The van der Waals surface area contributed by atoms with Gasteiger partial charge in [0, 0.05) is 12.6 Å². The van der Waals surface area contributed by atoms with Gasteiger partial charge in [0.15, 0.2) is 0 Å². The lowest BCUT2D eigenvalue weighted by molar-refractivity contribution is -0.0682. The van der Waals surface area contributed by atoms with Crippen LogP contribution in [0.15, 0.2) is 0 Å².